The van der Waals surface area contributed by atoms with Crippen LogP contribution in [0.1, 0.15) is 24.0 Å². The lowest BCUT2D eigenvalue weighted by atomic mass is 10.1. The predicted octanol–water partition coefficient (Wildman–Crippen LogP) is 4.07. The summed E-state index contributed by atoms with van der Waals surface area (Å²) in [5, 5.41) is 2.63. The van der Waals surface area contributed by atoms with Gasteiger partial charge in [0, 0.05) is 5.92 Å². The second-order valence-corrected chi connectivity index (χ2v) is 5.95. The van der Waals surface area contributed by atoms with E-state index >= 15 is 0 Å². The molecule has 0 unspecified atom stereocenters. The Bertz CT molecular complexity index is 827. The van der Waals surface area contributed by atoms with Crippen molar-refractivity contribution in [1.29, 1.82) is 0 Å². The maximum absolute atomic E-state index is 14.1. The summed E-state index contributed by atoms with van der Waals surface area (Å²) in [4.78, 5) is 11.7. The highest BCUT2D eigenvalue weighted by atomic mass is 19.1. The van der Waals surface area contributed by atoms with Gasteiger partial charge in [-0.15, -0.1) is 0 Å². The van der Waals surface area contributed by atoms with Crippen LogP contribution in [0.4, 0.5) is 10.1 Å². The van der Waals surface area contributed by atoms with E-state index in [-0.39, 0.29) is 24.3 Å². The first-order valence-corrected chi connectivity index (χ1v) is 7.87. The first kappa shape index (κ1) is 14.8. The van der Waals surface area contributed by atoms with E-state index in [9.17, 15) is 9.18 Å². The lowest BCUT2D eigenvalue weighted by Gasteiger charge is -2.06. The predicted molar refractivity (Wildman–Crippen MR) is 89.2 cm³/mol. The third kappa shape index (κ3) is 3.11. The van der Waals surface area contributed by atoms with Crippen molar-refractivity contribution < 1.29 is 18.7 Å². The molecule has 1 amide bonds. The van der Waals surface area contributed by atoms with Crippen LogP contribution in [0.15, 0.2) is 36.4 Å². The molecule has 2 aliphatic rings. The normalized spacial score (nSPS) is 15.7. The molecule has 1 aliphatic heterocycles. The van der Waals surface area contributed by atoms with Gasteiger partial charge in [-0.3, -0.25) is 4.79 Å². The van der Waals surface area contributed by atoms with Gasteiger partial charge in [0.2, 0.25) is 12.7 Å². The average Bonchev–Trinajstić information content (AvgIpc) is 3.33. The Morgan fingerprint density at radius 3 is 2.50 bits per heavy atom. The highest BCUT2D eigenvalue weighted by molar-refractivity contribution is 5.94. The maximum atomic E-state index is 14.1. The van der Waals surface area contributed by atoms with Crippen LogP contribution in [0.25, 0.3) is 12.2 Å². The Balaban J connectivity index is 1.48. The number of rotatable bonds is 4. The molecule has 2 aromatic carbocycles. The summed E-state index contributed by atoms with van der Waals surface area (Å²) in [6.45, 7) is 0.238. The van der Waals surface area contributed by atoms with Crippen molar-refractivity contribution in [2.45, 2.75) is 12.8 Å². The minimum absolute atomic E-state index is 0.0509. The number of halogens is 1. The monoisotopic (exact) mass is 325 g/mol. The van der Waals surface area contributed by atoms with E-state index < -0.39 is 5.82 Å². The fraction of sp³-hybridized carbons (Fsp3) is 0.211. The summed E-state index contributed by atoms with van der Waals surface area (Å²) in [5.41, 5.74) is 1.88. The van der Waals surface area contributed by atoms with Gasteiger partial charge in [0.1, 0.15) is 5.82 Å². The molecular weight excluding hydrogens is 309 g/mol. The molecule has 24 heavy (non-hydrogen) atoms. The fourth-order valence-electron chi connectivity index (χ4n) is 2.53. The van der Waals surface area contributed by atoms with Gasteiger partial charge in [0.25, 0.3) is 0 Å². The van der Waals surface area contributed by atoms with Crippen LogP contribution in [0.5, 0.6) is 11.5 Å². The zero-order valence-electron chi connectivity index (χ0n) is 12.9. The Kier molecular flexibility index (Phi) is 3.69. The molecule has 2 aromatic rings. The lowest BCUT2D eigenvalue weighted by Crippen LogP contribution is -2.14. The molecular formula is C19H16FNO3. The van der Waals surface area contributed by atoms with E-state index in [1.165, 1.54) is 6.07 Å². The Morgan fingerprint density at radius 2 is 1.75 bits per heavy atom. The number of carbonyl (C=O) groups excluding carboxylic acids is 1. The fourth-order valence-corrected chi connectivity index (χ4v) is 2.53. The van der Waals surface area contributed by atoms with E-state index in [0.717, 1.165) is 29.7 Å². The maximum Gasteiger partial charge on any atom is 0.231 e. The second-order valence-electron chi connectivity index (χ2n) is 5.95. The molecule has 1 N–H and O–H groups in total. The number of benzene rings is 2. The molecule has 4 rings (SSSR count). The van der Waals surface area contributed by atoms with E-state index in [4.69, 9.17) is 9.47 Å². The van der Waals surface area contributed by atoms with E-state index in [2.05, 4.69) is 5.32 Å². The molecule has 0 saturated heterocycles. The van der Waals surface area contributed by atoms with Crippen LogP contribution in [-0.4, -0.2) is 12.7 Å². The van der Waals surface area contributed by atoms with Gasteiger partial charge in [-0.05, 0) is 48.2 Å². The Hall–Kier alpha value is -2.82. The smallest absolute Gasteiger partial charge is 0.231 e. The van der Waals surface area contributed by atoms with Crippen LogP contribution in [0.2, 0.25) is 0 Å². The highest BCUT2D eigenvalue weighted by Crippen LogP contribution is 2.33. The summed E-state index contributed by atoms with van der Waals surface area (Å²) in [7, 11) is 0. The number of fused-ring (bicyclic) bond motifs is 1. The molecule has 1 fully saturated rings. The van der Waals surface area contributed by atoms with E-state index in [1.54, 1.807) is 12.1 Å². The van der Waals surface area contributed by atoms with Gasteiger partial charge in [0.15, 0.2) is 11.5 Å². The first-order valence-electron chi connectivity index (χ1n) is 7.87. The zero-order chi connectivity index (χ0) is 16.5. The Morgan fingerprint density at radius 1 is 1.04 bits per heavy atom. The molecule has 0 spiro atoms. The number of hydrogen-bond acceptors (Lipinski definition) is 3. The summed E-state index contributed by atoms with van der Waals surface area (Å²) in [6, 6.07) is 10.4. The number of nitrogens with one attached hydrogen (secondary N) is 1. The van der Waals surface area contributed by atoms with Crippen LogP contribution in [0.3, 0.4) is 0 Å². The third-order valence-corrected chi connectivity index (χ3v) is 4.06. The summed E-state index contributed by atoms with van der Waals surface area (Å²) in [6.07, 6.45) is 5.47. The number of anilines is 1. The minimum Gasteiger partial charge on any atom is -0.454 e. The topological polar surface area (TPSA) is 47.6 Å². The van der Waals surface area contributed by atoms with Gasteiger partial charge in [-0.2, -0.15) is 0 Å². The summed E-state index contributed by atoms with van der Waals surface area (Å²) in [5.74, 6) is 0.958. The van der Waals surface area contributed by atoms with E-state index in [1.807, 2.05) is 30.4 Å². The van der Waals surface area contributed by atoms with Gasteiger partial charge in [-0.1, -0.05) is 24.3 Å². The van der Waals surface area contributed by atoms with Crippen LogP contribution in [-0.2, 0) is 4.79 Å². The first-order chi connectivity index (χ1) is 11.7. The molecule has 1 saturated carbocycles. The molecule has 0 bridgehead atoms. The molecule has 1 heterocycles. The molecule has 0 radical (unpaired) electrons. The van der Waals surface area contributed by atoms with Crippen LogP contribution in [0, 0.1) is 11.7 Å². The quantitative estimate of drug-likeness (QED) is 0.862. The van der Waals surface area contributed by atoms with Crippen molar-refractivity contribution in [3.63, 3.8) is 0 Å². The van der Waals surface area contributed by atoms with Crippen molar-refractivity contribution in [2.24, 2.45) is 5.92 Å². The van der Waals surface area contributed by atoms with Crippen LogP contribution < -0.4 is 14.8 Å². The van der Waals surface area contributed by atoms with Crippen molar-refractivity contribution in [1.82, 2.24) is 0 Å². The number of carbonyl (C=O) groups is 1. The average molecular weight is 325 g/mol. The Labute approximate surface area is 138 Å². The highest BCUT2D eigenvalue weighted by Gasteiger charge is 2.29. The molecule has 4 nitrogen and oxygen atoms in total. The van der Waals surface area contributed by atoms with Crippen molar-refractivity contribution in [3.05, 3.63) is 53.3 Å². The van der Waals surface area contributed by atoms with Crippen molar-refractivity contribution in [2.75, 3.05) is 12.1 Å². The molecule has 122 valence electrons. The number of hydrogen-bond donors (Lipinski definition) is 1. The standard InChI is InChI=1S/C19H16FNO3/c20-15-9-12(3-7-16(15)21-19(22)14-5-6-14)1-2-13-4-8-17-18(10-13)24-11-23-17/h1-4,7-10,14H,5-6,11H2,(H,21,22)/b2-1+. The van der Waals surface area contributed by atoms with Gasteiger partial charge in [0.05, 0.1) is 5.69 Å². The summed E-state index contributed by atoms with van der Waals surface area (Å²) >= 11 is 0. The van der Waals surface area contributed by atoms with Gasteiger partial charge < -0.3 is 14.8 Å². The molecule has 0 atom stereocenters. The molecule has 1 aliphatic carbocycles. The third-order valence-electron chi connectivity index (χ3n) is 4.06. The largest absolute Gasteiger partial charge is 0.454 e. The van der Waals surface area contributed by atoms with Crippen molar-refractivity contribution in [3.8, 4) is 11.5 Å². The molecule has 5 heteroatoms. The minimum atomic E-state index is -0.433. The van der Waals surface area contributed by atoms with Gasteiger partial charge >= 0.3 is 0 Å². The lowest BCUT2D eigenvalue weighted by molar-refractivity contribution is -0.117. The number of ether oxygens (including phenoxy) is 2. The second kappa shape index (κ2) is 6.00. The molecule has 0 aromatic heterocycles. The SMILES string of the molecule is O=C(Nc1ccc(/C=C/c2ccc3c(c2)OCO3)cc1F)C1CC1. The summed E-state index contributed by atoms with van der Waals surface area (Å²) < 4.78 is 24.7. The van der Waals surface area contributed by atoms with Gasteiger partial charge in [-0.25, -0.2) is 4.39 Å². The number of amides is 1. The van der Waals surface area contributed by atoms with Crippen molar-refractivity contribution >= 4 is 23.7 Å². The zero-order valence-corrected chi connectivity index (χ0v) is 12.9. The van der Waals surface area contributed by atoms with Crippen LogP contribution >= 0.6 is 0 Å². The van der Waals surface area contributed by atoms with E-state index in [0.29, 0.717) is 5.75 Å².